The molecular weight excluding hydrogens is 290 g/mol. The highest BCUT2D eigenvalue weighted by atomic mass is 16.5. The lowest BCUT2D eigenvalue weighted by atomic mass is 10.1. The highest BCUT2D eigenvalue weighted by Crippen LogP contribution is 2.19. The molecule has 0 bridgehead atoms. The summed E-state index contributed by atoms with van der Waals surface area (Å²) >= 11 is 0. The van der Waals surface area contributed by atoms with Crippen molar-refractivity contribution in [2.45, 2.75) is 0 Å². The largest absolute Gasteiger partial charge is 0.495 e. The molecule has 0 radical (unpaired) electrons. The Labute approximate surface area is 133 Å². The maximum absolute atomic E-state index is 11.1. The number of pyridine rings is 1. The van der Waals surface area contributed by atoms with E-state index in [0.717, 1.165) is 16.5 Å². The maximum atomic E-state index is 11.1. The normalized spacial score (nSPS) is 9.96. The summed E-state index contributed by atoms with van der Waals surface area (Å²) in [5.74, 6) is 5.51. The molecule has 0 aliphatic rings. The SMILES string of the molecule is COc1ccc(C(=O)O)cc1C#Cc1cnc2ccccc2c1. The van der Waals surface area contributed by atoms with E-state index in [1.54, 1.807) is 12.3 Å². The van der Waals surface area contributed by atoms with Gasteiger partial charge in [0.1, 0.15) is 5.75 Å². The molecule has 0 unspecified atom stereocenters. The van der Waals surface area contributed by atoms with Crippen molar-refractivity contribution in [3.05, 3.63) is 71.4 Å². The number of hydrogen-bond acceptors (Lipinski definition) is 3. The van der Waals surface area contributed by atoms with E-state index in [9.17, 15) is 4.79 Å². The van der Waals surface area contributed by atoms with Gasteiger partial charge in [0.05, 0.1) is 23.8 Å². The minimum Gasteiger partial charge on any atom is -0.495 e. The molecule has 2 aromatic carbocycles. The van der Waals surface area contributed by atoms with Gasteiger partial charge in [0.2, 0.25) is 0 Å². The summed E-state index contributed by atoms with van der Waals surface area (Å²) in [7, 11) is 1.53. The van der Waals surface area contributed by atoms with Crippen LogP contribution in [0.1, 0.15) is 21.5 Å². The monoisotopic (exact) mass is 303 g/mol. The Morgan fingerprint density at radius 3 is 2.74 bits per heavy atom. The Kier molecular flexibility index (Phi) is 3.94. The van der Waals surface area contributed by atoms with E-state index in [1.807, 2.05) is 30.3 Å². The predicted octanol–water partition coefficient (Wildman–Crippen LogP) is 3.34. The second kappa shape index (κ2) is 6.20. The summed E-state index contributed by atoms with van der Waals surface area (Å²) in [6.07, 6.45) is 1.70. The number of carbonyl (C=O) groups is 1. The van der Waals surface area contributed by atoms with Crippen LogP contribution in [0.3, 0.4) is 0 Å². The fourth-order valence-electron chi connectivity index (χ4n) is 2.22. The second-order valence-corrected chi connectivity index (χ2v) is 4.89. The molecule has 1 heterocycles. The standard InChI is InChI=1S/C19H13NO3/c1-23-18-9-8-16(19(21)22)11-15(18)7-6-13-10-14-4-2-3-5-17(14)20-12-13/h2-5,8-12H,1H3,(H,21,22). The quantitative estimate of drug-likeness (QED) is 0.738. The molecule has 1 aromatic heterocycles. The van der Waals surface area contributed by atoms with E-state index in [4.69, 9.17) is 9.84 Å². The van der Waals surface area contributed by atoms with Crippen molar-refractivity contribution in [1.29, 1.82) is 0 Å². The number of rotatable bonds is 2. The molecule has 0 amide bonds. The number of fused-ring (bicyclic) bond motifs is 1. The summed E-state index contributed by atoms with van der Waals surface area (Å²) in [5, 5.41) is 10.1. The Balaban J connectivity index is 2.02. The molecule has 0 aliphatic carbocycles. The number of methoxy groups -OCH3 is 1. The Morgan fingerprint density at radius 2 is 1.96 bits per heavy atom. The smallest absolute Gasteiger partial charge is 0.335 e. The van der Waals surface area contributed by atoms with E-state index < -0.39 is 5.97 Å². The Morgan fingerprint density at radius 1 is 1.13 bits per heavy atom. The molecule has 0 atom stereocenters. The highest BCUT2D eigenvalue weighted by molar-refractivity contribution is 5.88. The van der Waals surface area contributed by atoms with Crippen molar-refractivity contribution >= 4 is 16.9 Å². The molecule has 112 valence electrons. The molecule has 1 N–H and O–H groups in total. The van der Waals surface area contributed by atoms with Crippen molar-refractivity contribution < 1.29 is 14.6 Å². The summed E-state index contributed by atoms with van der Waals surface area (Å²) in [6, 6.07) is 14.3. The summed E-state index contributed by atoms with van der Waals surface area (Å²) < 4.78 is 5.23. The Bertz CT molecular complexity index is 951. The highest BCUT2D eigenvalue weighted by Gasteiger charge is 2.07. The molecule has 0 spiro atoms. The van der Waals surface area contributed by atoms with Crippen LogP contribution in [0.15, 0.2) is 54.7 Å². The van der Waals surface area contributed by atoms with Crippen LogP contribution in [-0.4, -0.2) is 23.2 Å². The van der Waals surface area contributed by atoms with Crippen LogP contribution in [0.2, 0.25) is 0 Å². The van der Waals surface area contributed by atoms with E-state index >= 15 is 0 Å². The first-order chi connectivity index (χ1) is 11.2. The lowest BCUT2D eigenvalue weighted by Gasteiger charge is -2.04. The Hall–Kier alpha value is -3.32. The first kappa shape index (κ1) is 14.6. The average Bonchev–Trinajstić information content (AvgIpc) is 2.59. The lowest BCUT2D eigenvalue weighted by Crippen LogP contribution is -1.98. The number of para-hydroxylation sites is 1. The predicted molar refractivity (Wildman–Crippen MR) is 87.7 cm³/mol. The van der Waals surface area contributed by atoms with Crippen molar-refractivity contribution in [3.63, 3.8) is 0 Å². The summed E-state index contributed by atoms with van der Waals surface area (Å²) in [5.41, 5.74) is 2.36. The third-order valence-corrected chi connectivity index (χ3v) is 3.38. The van der Waals surface area contributed by atoms with Crippen LogP contribution >= 0.6 is 0 Å². The van der Waals surface area contributed by atoms with Gasteiger partial charge in [-0.3, -0.25) is 4.98 Å². The molecule has 0 fully saturated rings. The van der Waals surface area contributed by atoms with Gasteiger partial charge >= 0.3 is 5.97 Å². The number of benzene rings is 2. The topological polar surface area (TPSA) is 59.4 Å². The molecule has 4 heteroatoms. The van der Waals surface area contributed by atoms with Crippen LogP contribution < -0.4 is 4.74 Å². The first-order valence-electron chi connectivity index (χ1n) is 6.95. The van der Waals surface area contributed by atoms with Gasteiger partial charge in [-0.05, 0) is 30.3 Å². The van der Waals surface area contributed by atoms with Gasteiger partial charge in [0, 0.05) is 17.1 Å². The molecule has 0 saturated heterocycles. The van der Waals surface area contributed by atoms with Crippen LogP contribution in [0.5, 0.6) is 5.75 Å². The van der Waals surface area contributed by atoms with Gasteiger partial charge < -0.3 is 9.84 Å². The van der Waals surface area contributed by atoms with Gasteiger partial charge in [-0.25, -0.2) is 4.79 Å². The van der Waals surface area contributed by atoms with Gasteiger partial charge in [0.25, 0.3) is 0 Å². The zero-order valence-electron chi connectivity index (χ0n) is 12.4. The van der Waals surface area contributed by atoms with Crippen molar-refractivity contribution in [3.8, 4) is 17.6 Å². The van der Waals surface area contributed by atoms with E-state index in [2.05, 4.69) is 16.8 Å². The number of carboxylic acid groups (broad SMARTS) is 1. The van der Waals surface area contributed by atoms with Crippen molar-refractivity contribution in [2.24, 2.45) is 0 Å². The van der Waals surface area contributed by atoms with Crippen LogP contribution in [-0.2, 0) is 0 Å². The van der Waals surface area contributed by atoms with Gasteiger partial charge in [-0.2, -0.15) is 0 Å². The van der Waals surface area contributed by atoms with Gasteiger partial charge in [-0.15, -0.1) is 0 Å². The minimum absolute atomic E-state index is 0.173. The van der Waals surface area contributed by atoms with E-state index in [0.29, 0.717) is 11.3 Å². The zero-order valence-corrected chi connectivity index (χ0v) is 12.4. The van der Waals surface area contributed by atoms with Gasteiger partial charge in [-0.1, -0.05) is 30.0 Å². The van der Waals surface area contributed by atoms with Crippen molar-refractivity contribution in [2.75, 3.05) is 7.11 Å². The number of aromatic carboxylic acids is 1. The molecule has 0 saturated carbocycles. The number of aromatic nitrogens is 1. The fraction of sp³-hybridized carbons (Fsp3) is 0.0526. The number of carboxylic acids is 1. The first-order valence-corrected chi connectivity index (χ1v) is 6.95. The third-order valence-electron chi connectivity index (χ3n) is 3.38. The summed E-state index contributed by atoms with van der Waals surface area (Å²) in [6.45, 7) is 0. The van der Waals surface area contributed by atoms with E-state index in [-0.39, 0.29) is 5.56 Å². The van der Waals surface area contributed by atoms with Crippen LogP contribution in [0.25, 0.3) is 10.9 Å². The zero-order chi connectivity index (χ0) is 16.2. The second-order valence-electron chi connectivity index (χ2n) is 4.89. The number of nitrogens with zero attached hydrogens (tertiary/aromatic N) is 1. The maximum Gasteiger partial charge on any atom is 0.335 e. The number of hydrogen-bond donors (Lipinski definition) is 1. The third kappa shape index (κ3) is 3.14. The van der Waals surface area contributed by atoms with Crippen molar-refractivity contribution in [1.82, 2.24) is 4.98 Å². The molecule has 23 heavy (non-hydrogen) atoms. The summed E-state index contributed by atoms with van der Waals surface area (Å²) in [4.78, 5) is 15.4. The molecule has 4 nitrogen and oxygen atoms in total. The van der Waals surface area contributed by atoms with Gasteiger partial charge in [0.15, 0.2) is 0 Å². The number of ether oxygens (including phenoxy) is 1. The average molecular weight is 303 g/mol. The van der Waals surface area contributed by atoms with Crippen LogP contribution in [0, 0.1) is 11.8 Å². The molecule has 3 aromatic rings. The lowest BCUT2D eigenvalue weighted by molar-refractivity contribution is 0.0697. The van der Waals surface area contributed by atoms with Crippen LogP contribution in [0.4, 0.5) is 0 Å². The minimum atomic E-state index is -0.997. The fourth-order valence-corrected chi connectivity index (χ4v) is 2.22. The molecular formula is C19H13NO3. The molecule has 3 rings (SSSR count). The molecule has 0 aliphatic heterocycles. The van der Waals surface area contributed by atoms with E-state index in [1.165, 1.54) is 19.2 Å².